The van der Waals surface area contributed by atoms with Crippen LogP contribution in [-0.4, -0.2) is 24.9 Å². The molecule has 0 aliphatic rings. The molecule has 21 heavy (non-hydrogen) atoms. The van der Waals surface area contributed by atoms with Gasteiger partial charge in [-0.15, -0.1) is 0 Å². The lowest BCUT2D eigenvalue weighted by molar-refractivity contribution is 0.444. The third-order valence-electron chi connectivity index (χ3n) is 3.15. The van der Waals surface area contributed by atoms with Crippen molar-refractivity contribution in [1.29, 1.82) is 0 Å². The van der Waals surface area contributed by atoms with Gasteiger partial charge in [0.1, 0.15) is 11.5 Å². The number of sulfone groups is 1. The molecule has 2 aromatic rings. The molecule has 2 rings (SSSR count). The minimum Gasteiger partial charge on any atom is -0.508 e. The number of phenolic OH excluding ortho intramolecular Hbond substituents is 2. The molecule has 0 saturated heterocycles. The van der Waals surface area contributed by atoms with E-state index in [9.17, 15) is 18.6 Å². The van der Waals surface area contributed by atoms with Gasteiger partial charge < -0.3 is 15.5 Å². The van der Waals surface area contributed by atoms with E-state index in [1.807, 2.05) is 6.92 Å². The van der Waals surface area contributed by atoms with Crippen LogP contribution >= 0.6 is 0 Å². The van der Waals surface area contributed by atoms with E-state index in [0.29, 0.717) is 5.56 Å². The van der Waals surface area contributed by atoms with E-state index < -0.39 is 9.84 Å². The minimum atomic E-state index is -3.21. The second-order valence-electron chi connectivity index (χ2n) is 4.91. The van der Waals surface area contributed by atoms with Crippen LogP contribution in [0.4, 0.5) is 5.69 Å². The lowest BCUT2D eigenvalue weighted by Gasteiger charge is -2.17. The Bertz CT molecular complexity index is 739. The van der Waals surface area contributed by atoms with Gasteiger partial charge in [-0.05, 0) is 43.3 Å². The van der Waals surface area contributed by atoms with Crippen molar-refractivity contribution in [3.63, 3.8) is 0 Å². The molecule has 0 aliphatic heterocycles. The maximum Gasteiger partial charge on any atom is 0.175 e. The molecule has 3 N–H and O–H groups in total. The number of hydrogen-bond acceptors (Lipinski definition) is 5. The normalized spacial score (nSPS) is 12.9. The van der Waals surface area contributed by atoms with E-state index in [1.54, 1.807) is 18.2 Å². The summed E-state index contributed by atoms with van der Waals surface area (Å²) in [7, 11) is -3.21. The molecular weight excluding hydrogens is 290 g/mol. The first-order valence-electron chi connectivity index (χ1n) is 6.36. The number of anilines is 1. The molecule has 0 radical (unpaired) electrons. The Morgan fingerprint density at radius 3 is 2.19 bits per heavy atom. The molecule has 0 fully saturated rings. The van der Waals surface area contributed by atoms with Crippen LogP contribution in [0.3, 0.4) is 0 Å². The summed E-state index contributed by atoms with van der Waals surface area (Å²) in [6.07, 6.45) is 1.16. The minimum absolute atomic E-state index is 0.000885. The molecule has 0 aliphatic carbocycles. The van der Waals surface area contributed by atoms with E-state index in [4.69, 9.17) is 0 Å². The molecule has 5 nitrogen and oxygen atoms in total. The summed E-state index contributed by atoms with van der Waals surface area (Å²) >= 11 is 0. The standard InChI is InChI=1S/C15H17NO4S/c1-10(14-8-5-12(17)9-15(14)18)16-11-3-6-13(7-4-11)21(2,19)20/h3-10,16-18H,1-2H3. The van der Waals surface area contributed by atoms with Crippen LogP contribution in [-0.2, 0) is 9.84 Å². The number of nitrogens with one attached hydrogen (secondary N) is 1. The molecule has 0 heterocycles. The fourth-order valence-electron chi connectivity index (χ4n) is 2.02. The van der Waals surface area contributed by atoms with Crippen LogP contribution in [0.25, 0.3) is 0 Å². The van der Waals surface area contributed by atoms with Crippen LogP contribution in [0.2, 0.25) is 0 Å². The lowest BCUT2D eigenvalue weighted by Crippen LogP contribution is -2.07. The van der Waals surface area contributed by atoms with Gasteiger partial charge >= 0.3 is 0 Å². The molecule has 0 saturated carbocycles. The van der Waals surface area contributed by atoms with Gasteiger partial charge in [0.05, 0.1) is 10.9 Å². The Hall–Kier alpha value is -2.21. The van der Waals surface area contributed by atoms with Crippen molar-refractivity contribution < 1.29 is 18.6 Å². The highest BCUT2D eigenvalue weighted by Gasteiger charge is 2.12. The number of aromatic hydroxyl groups is 2. The summed E-state index contributed by atoms with van der Waals surface area (Å²) in [5.74, 6) is 0.00344. The highest BCUT2D eigenvalue weighted by Crippen LogP contribution is 2.30. The average molecular weight is 307 g/mol. The van der Waals surface area contributed by atoms with E-state index >= 15 is 0 Å². The van der Waals surface area contributed by atoms with Crippen molar-refractivity contribution in [3.05, 3.63) is 48.0 Å². The average Bonchev–Trinajstić information content (AvgIpc) is 2.38. The smallest absolute Gasteiger partial charge is 0.175 e. The highest BCUT2D eigenvalue weighted by molar-refractivity contribution is 7.90. The van der Waals surface area contributed by atoms with Gasteiger partial charge in [-0.2, -0.15) is 0 Å². The molecule has 0 spiro atoms. The number of rotatable bonds is 4. The third-order valence-corrected chi connectivity index (χ3v) is 4.27. The molecule has 0 amide bonds. The van der Waals surface area contributed by atoms with Gasteiger partial charge in [-0.25, -0.2) is 8.42 Å². The van der Waals surface area contributed by atoms with Crippen molar-refractivity contribution in [1.82, 2.24) is 0 Å². The van der Waals surface area contributed by atoms with Gasteiger partial charge in [0.25, 0.3) is 0 Å². The van der Waals surface area contributed by atoms with E-state index in [0.717, 1.165) is 11.9 Å². The molecule has 6 heteroatoms. The quantitative estimate of drug-likeness (QED) is 0.808. The molecule has 0 bridgehead atoms. The maximum atomic E-state index is 11.4. The zero-order valence-electron chi connectivity index (χ0n) is 11.7. The van der Waals surface area contributed by atoms with E-state index in [1.165, 1.54) is 24.3 Å². The Morgan fingerprint density at radius 2 is 1.67 bits per heavy atom. The van der Waals surface area contributed by atoms with Gasteiger partial charge in [-0.3, -0.25) is 0 Å². The van der Waals surface area contributed by atoms with Crippen LogP contribution < -0.4 is 5.32 Å². The maximum absolute atomic E-state index is 11.4. The molecule has 112 valence electrons. The fraction of sp³-hybridized carbons (Fsp3) is 0.200. The molecule has 2 aromatic carbocycles. The second-order valence-corrected chi connectivity index (χ2v) is 6.92. The van der Waals surface area contributed by atoms with Crippen molar-refractivity contribution in [2.75, 3.05) is 11.6 Å². The summed E-state index contributed by atoms with van der Waals surface area (Å²) in [6.45, 7) is 1.86. The zero-order chi connectivity index (χ0) is 15.6. The molecule has 1 unspecified atom stereocenters. The van der Waals surface area contributed by atoms with Gasteiger partial charge in [0, 0.05) is 23.6 Å². The summed E-state index contributed by atoms with van der Waals surface area (Å²) in [5, 5.41) is 22.3. The van der Waals surface area contributed by atoms with Crippen molar-refractivity contribution in [3.8, 4) is 11.5 Å². The van der Waals surface area contributed by atoms with Gasteiger partial charge in [-0.1, -0.05) is 0 Å². The summed E-state index contributed by atoms with van der Waals surface area (Å²) in [6, 6.07) is 10.6. The Kier molecular flexibility index (Phi) is 4.09. The van der Waals surface area contributed by atoms with Crippen LogP contribution in [0.5, 0.6) is 11.5 Å². The predicted molar refractivity (Wildman–Crippen MR) is 81.4 cm³/mol. The first kappa shape index (κ1) is 15.2. The van der Waals surface area contributed by atoms with Crippen LogP contribution in [0.15, 0.2) is 47.4 Å². The molecule has 1 atom stereocenters. The topological polar surface area (TPSA) is 86.6 Å². The van der Waals surface area contributed by atoms with Gasteiger partial charge in [0.2, 0.25) is 0 Å². The second kappa shape index (κ2) is 5.65. The number of benzene rings is 2. The van der Waals surface area contributed by atoms with Crippen molar-refractivity contribution in [2.45, 2.75) is 17.9 Å². The Balaban J connectivity index is 2.18. The Morgan fingerprint density at radius 1 is 1.05 bits per heavy atom. The number of phenols is 2. The first-order valence-corrected chi connectivity index (χ1v) is 8.25. The summed E-state index contributed by atoms with van der Waals surface area (Å²) in [5.41, 5.74) is 1.38. The summed E-state index contributed by atoms with van der Waals surface area (Å²) < 4.78 is 22.8. The van der Waals surface area contributed by atoms with E-state index in [2.05, 4.69) is 5.32 Å². The molecule has 0 aromatic heterocycles. The number of hydrogen-bond donors (Lipinski definition) is 3. The monoisotopic (exact) mass is 307 g/mol. The van der Waals surface area contributed by atoms with Gasteiger partial charge in [0.15, 0.2) is 9.84 Å². The van der Waals surface area contributed by atoms with E-state index in [-0.39, 0.29) is 22.4 Å². The van der Waals surface area contributed by atoms with Crippen LogP contribution in [0, 0.1) is 0 Å². The van der Waals surface area contributed by atoms with Crippen molar-refractivity contribution >= 4 is 15.5 Å². The largest absolute Gasteiger partial charge is 0.508 e. The first-order chi connectivity index (χ1) is 9.77. The Labute approximate surface area is 123 Å². The highest BCUT2D eigenvalue weighted by atomic mass is 32.2. The zero-order valence-corrected chi connectivity index (χ0v) is 12.6. The predicted octanol–water partition coefficient (Wildman–Crippen LogP) is 2.67. The van der Waals surface area contributed by atoms with Crippen LogP contribution in [0.1, 0.15) is 18.5 Å². The third kappa shape index (κ3) is 3.66. The SMILES string of the molecule is CC(Nc1ccc(S(C)(=O)=O)cc1)c1ccc(O)cc1O. The summed E-state index contributed by atoms with van der Waals surface area (Å²) in [4.78, 5) is 0.258. The lowest BCUT2D eigenvalue weighted by atomic mass is 10.1. The molecular formula is C15H17NO4S. The fourth-order valence-corrected chi connectivity index (χ4v) is 2.65. The van der Waals surface area contributed by atoms with Crippen molar-refractivity contribution in [2.24, 2.45) is 0 Å².